The van der Waals surface area contributed by atoms with Gasteiger partial charge < -0.3 is 8.83 Å². The third-order valence-electron chi connectivity index (χ3n) is 10.5. The van der Waals surface area contributed by atoms with Crippen LogP contribution in [-0.2, 0) is 0 Å². The number of hydrogen-bond acceptors (Lipinski definition) is 4. The van der Waals surface area contributed by atoms with Crippen molar-refractivity contribution in [2.24, 2.45) is 9.98 Å². The van der Waals surface area contributed by atoms with Gasteiger partial charge in [0.2, 0.25) is 0 Å². The van der Waals surface area contributed by atoms with Gasteiger partial charge >= 0.3 is 0 Å². The van der Waals surface area contributed by atoms with Gasteiger partial charge in [-0.1, -0.05) is 127 Å². The fourth-order valence-corrected chi connectivity index (χ4v) is 8.12. The number of hydrogen-bond donors (Lipinski definition) is 0. The van der Waals surface area contributed by atoms with E-state index in [2.05, 4.69) is 132 Å². The monoisotopic (exact) mass is 681 g/mol. The number of benzene rings is 7. The maximum Gasteiger partial charge on any atom is 0.161 e. The quantitative estimate of drug-likeness (QED) is 0.186. The summed E-state index contributed by atoms with van der Waals surface area (Å²) in [5, 5.41) is 6.58. The Labute approximate surface area is 304 Å². The van der Waals surface area contributed by atoms with Crippen LogP contribution in [0, 0.1) is 0 Å². The summed E-state index contributed by atoms with van der Waals surface area (Å²) in [5.74, 6) is 1.54. The third kappa shape index (κ3) is 4.71. The highest BCUT2D eigenvalue weighted by molar-refractivity contribution is 6.22. The number of amidine groups is 1. The van der Waals surface area contributed by atoms with Crippen molar-refractivity contribution < 1.29 is 8.83 Å². The molecule has 0 N–H and O–H groups in total. The molecule has 10 aromatic rings. The molecule has 0 unspecified atom stereocenters. The summed E-state index contributed by atoms with van der Waals surface area (Å²) in [5.41, 5.74) is 10.8. The van der Waals surface area contributed by atoms with E-state index < -0.39 is 0 Å². The largest absolute Gasteiger partial charge is 0.456 e. The van der Waals surface area contributed by atoms with Gasteiger partial charge in [-0.15, -0.1) is 0 Å². The first kappa shape index (κ1) is 29.7. The summed E-state index contributed by atoms with van der Waals surface area (Å²) in [6.07, 6.45) is 3.85. The second-order valence-corrected chi connectivity index (χ2v) is 13.6. The Morgan fingerprint density at radius 3 is 2.04 bits per heavy atom. The van der Waals surface area contributed by atoms with Crippen molar-refractivity contribution in [1.29, 1.82) is 0 Å². The zero-order valence-corrected chi connectivity index (χ0v) is 28.7. The molecule has 1 aliphatic rings. The molecule has 0 radical (unpaired) electrons. The minimum Gasteiger partial charge on any atom is -0.456 e. The first-order valence-electron chi connectivity index (χ1n) is 18.1. The Balaban J connectivity index is 1.17. The van der Waals surface area contributed by atoms with Crippen LogP contribution in [0.1, 0.15) is 24.0 Å². The zero-order chi connectivity index (χ0) is 34.9. The van der Waals surface area contributed by atoms with E-state index in [1.807, 2.05) is 36.4 Å². The van der Waals surface area contributed by atoms with E-state index in [1.54, 1.807) is 0 Å². The molecule has 0 saturated carbocycles. The second kappa shape index (κ2) is 11.8. The maximum absolute atomic E-state index is 6.66. The van der Waals surface area contributed by atoms with Crippen LogP contribution in [0.3, 0.4) is 0 Å². The number of aromatic nitrogens is 1. The highest BCUT2D eigenvalue weighted by Gasteiger charge is 2.22. The van der Waals surface area contributed by atoms with E-state index in [-0.39, 0.29) is 0 Å². The predicted octanol–water partition coefficient (Wildman–Crippen LogP) is 12.8. The number of nitrogens with zero attached hydrogens (tertiary/aromatic N) is 3. The summed E-state index contributed by atoms with van der Waals surface area (Å²) in [6.45, 7) is 0. The van der Waals surface area contributed by atoms with Crippen molar-refractivity contribution in [3.05, 3.63) is 175 Å². The summed E-state index contributed by atoms with van der Waals surface area (Å²) in [6, 6.07) is 54.7. The van der Waals surface area contributed by atoms with E-state index in [0.29, 0.717) is 5.84 Å². The number of para-hydroxylation sites is 3. The molecule has 53 heavy (non-hydrogen) atoms. The summed E-state index contributed by atoms with van der Waals surface area (Å²) in [7, 11) is 0. The molecule has 7 aromatic carbocycles. The molecular formula is C48H31N3O2. The van der Waals surface area contributed by atoms with E-state index in [1.165, 1.54) is 0 Å². The van der Waals surface area contributed by atoms with Gasteiger partial charge in [0.1, 0.15) is 28.2 Å². The van der Waals surface area contributed by atoms with E-state index in [9.17, 15) is 0 Å². The molecule has 0 fully saturated rings. The smallest absolute Gasteiger partial charge is 0.161 e. The Morgan fingerprint density at radius 2 is 1.17 bits per heavy atom. The average Bonchev–Trinajstić information content (AvgIpc) is 3.87. The molecule has 0 spiro atoms. The Morgan fingerprint density at radius 1 is 0.472 bits per heavy atom. The standard InChI is InChI=1S/C48H31N3O2/c1-3-14-30(15-4-1)39-23-13-27-45(50-48(49-39)31-16-5-2-6-17-31)51-40-24-9-7-18-32(40)37-29-44-38(28-41(37)51)46-34(20-12-26-43(46)52-44)36-22-11-21-35-33-19-8-10-25-42(33)53-47(35)36/h1-12,14-22,24-29H,13,23H2. The Hall–Kier alpha value is -6.98. The summed E-state index contributed by atoms with van der Waals surface area (Å²) in [4.78, 5) is 10.6. The van der Waals surface area contributed by atoms with Crippen molar-refractivity contribution in [2.45, 2.75) is 12.8 Å². The number of aliphatic imine (C=N–C) groups is 2. The Kier molecular flexibility index (Phi) is 6.61. The molecule has 0 atom stereocenters. The lowest BCUT2D eigenvalue weighted by molar-refractivity contribution is 0.669. The SMILES string of the molecule is C1=C(n2c3ccccc3c3cc4oc5cccc(-c6cccc7c6oc6ccccc67)c5c4cc32)N=C(c2ccccc2)N=C(c2ccccc2)CC1. The molecule has 3 aromatic heterocycles. The zero-order valence-electron chi connectivity index (χ0n) is 28.7. The predicted molar refractivity (Wildman–Crippen MR) is 219 cm³/mol. The van der Waals surface area contributed by atoms with Gasteiger partial charge in [0.25, 0.3) is 0 Å². The lowest BCUT2D eigenvalue weighted by Crippen LogP contribution is -2.10. The number of allylic oxidation sites excluding steroid dienone is 1. The highest BCUT2D eigenvalue weighted by Crippen LogP contribution is 2.44. The molecule has 250 valence electrons. The maximum atomic E-state index is 6.66. The molecule has 0 aliphatic carbocycles. The van der Waals surface area contributed by atoms with Crippen molar-refractivity contribution in [2.75, 3.05) is 0 Å². The average molecular weight is 682 g/mol. The molecule has 11 rings (SSSR count). The minimum atomic E-state index is 0.692. The Bertz CT molecular complexity index is 3160. The van der Waals surface area contributed by atoms with Crippen LogP contribution in [-0.4, -0.2) is 16.1 Å². The van der Waals surface area contributed by atoms with Crippen LogP contribution in [0.4, 0.5) is 0 Å². The normalized spacial score (nSPS) is 13.8. The highest BCUT2D eigenvalue weighted by atomic mass is 16.3. The molecule has 5 heteroatoms. The molecule has 0 bridgehead atoms. The molecule has 4 heterocycles. The van der Waals surface area contributed by atoms with Gasteiger partial charge in [-0.05, 0) is 60.4 Å². The van der Waals surface area contributed by atoms with Crippen LogP contribution < -0.4 is 0 Å². The fourth-order valence-electron chi connectivity index (χ4n) is 8.12. The number of rotatable bonds is 4. The van der Waals surface area contributed by atoms with Gasteiger partial charge in [0, 0.05) is 43.4 Å². The van der Waals surface area contributed by atoms with Gasteiger partial charge in [-0.3, -0.25) is 4.57 Å². The van der Waals surface area contributed by atoms with Crippen LogP contribution in [0.5, 0.6) is 0 Å². The van der Waals surface area contributed by atoms with Crippen molar-refractivity contribution >= 4 is 83.1 Å². The van der Waals surface area contributed by atoms with Crippen LogP contribution in [0.2, 0.25) is 0 Å². The van der Waals surface area contributed by atoms with E-state index >= 15 is 0 Å². The molecule has 5 nitrogen and oxygen atoms in total. The summed E-state index contributed by atoms with van der Waals surface area (Å²) < 4.78 is 15.5. The van der Waals surface area contributed by atoms with Gasteiger partial charge in [-0.2, -0.15) is 0 Å². The lowest BCUT2D eigenvalue weighted by Gasteiger charge is -2.15. The van der Waals surface area contributed by atoms with Crippen molar-refractivity contribution in [1.82, 2.24) is 4.57 Å². The molecule has 1 aliphatic heterocycles. The second-order valence-electron chi connectivity index (χ2n) is 13.6. The third-order valence-corrected chi connectivity index (χ3v) is 10.5. The van der Waals surface area contributed by atoms with Gasteiger partial charge in [0.15, 0.2) is 5.84 Å². The lowest BCUT2D eigenvalue weighted by atomic mass is 9.97. The molecular weight excluding hydrogens is 651 g/mol. The fraction of sp³-hybridized carbons (Fsp3) is 0.0417. The number of furan rings is 2. The van der Waals surface area contributed by atoms with Crippen LogP contribution >= 0.6 is 0 Å². The molecule has 0 amide bonds. The summed E-state index contributed by atoms with van der Waals surface area (Å²) >= 11 is 0. The van der Waals surface area contributed by atoms with Gasteiger partial charge in [-0.25, -0.2) is 9.98 Å². The first-order chi connectivity index (χ1) is 26.3. The topological polar surface area (TPSA) is 55.9 Å². The van der Waals surface area contributed by atoms with Crippen LogP contribution in [0.15, 0.2) is 183 Å². The number of fused-ring (bicyclic) bond motifs is 9. The van der Waals surface area contributed by atoms with Crippen LogP contribution in [0.25, 0.3) is 82.6 Å². The van der Waals surface area contributed by atoms with Gasteiger partial charge in [0.05, 0.1) is 16.7 Å². The minimum absolute atomic E-state index is 0.692. The van der Waals surface area contributed by atoms with E-state index in [0.717, 1.165) is 112 Å². The molecule has 0 saturated heterocycles. The van der Waals surface area contributed by atoms with Crippen molar-refractivity contribution in [3.63, 3.8) is 0 Å². The van der Waals surface area contributed by atoms with Crippen molar-refractivity contribution in [3.8, 4) is 11.1 Å². The first-order valence-corrected chi connectivity index (χ1v) is 18.1. The van der Waals surface area contributed by atoms with E-state index in [4.69, 9.17) is 18.8 Å².